The number of fused-ring (bicyclic) bond motifs is 2. The van der Waals surface area contributed by atoms with Crippen molar-refractivity contribution in [2.75, 3.05) is 0 Å². The van der Waals surface area contributed by atoms with E-state index in [4.69, 9.17) is 10.1 Å². The maximum Gasteiger partial charge on any atom is 0.276 e. The van der Waals surface area contributed by atoms with E-state index in [9.17, 15) is 4.79 Å². The molecule has 7 heteroatoms. The predicted molar refractivity (Wildman–Crippen MR) is 117 cm³/mol. The van der Waals surface area contributed by atoms with Crippen LogP contribution in [-0.2, 0) is 10.5 Å². The Morgan fingerprint density at radius 2 is 1.90 bits per heavy atom. The van der Waals surface area contributed by atoms with Gasteiger partial charge in [-0.05, 0) is 24.6 Å². The Morgan fingerprint density at radius 1 is 1.07 bits per heavy atom. The van der Waals surface area contributed by atoms with Crippen LogP contribution in [0.25, 0.3) is 5.70 Å². The number of thioether (sulfide) groups is 1. The van der Waals surface area contributed by atoms with E-state index in [2.05, 4.69) is 41.5 Å². The van der Waals surface area contributed by atoms with Crippen molar-refractivity contribution < 1.29 is 4.79 Å². The fourth-order valence-electron chi connectivity index (χ4n) is 3.47. The molecule has 0 spiro atoms. The average molecular weight is 414 g/mol. The Hall–Kier alpha value is -3.45. The summed E-state index contributed by atoms with van der Waals surface area (Å²) in [6.07, 6.45) is 3.05. The van der Waals surface area contributed by atoms with Crippen molar-refractivity contribution in [3.63, 3.8) is 0 Å². The third-order valence-electron chi connectivity index (χ3n) is 4.99. The molecular formula is C23H19N5OS. The predicted octanol–water partition coefficient (Wildman–Crippen LogP) is 2.47. The molecule has 1 amide bonds. The highest BCUT2D eigenvalue weighted by Crippen LogP contribution is 2.30. The lowest BCUT2D eigenvalue weighted by Gasteiger charge is -2.33. The van der Waals surface area contributed by atoms with Gasteiger partial charge in [-0.1, -0.05) is 65.9 Å². The number of carbonyl (C=O) groups excluding carboxylic acids is 1. The minimum atomic E-state index is -0.440. The minimum Gasteiger partial charge on any atom is -0.298 e. The van der Waals surface area contributed by atoms with Crippen LogP contribution in [0.1, 0.15) is 22.9 Å². The molecular weight excluding hydrogens is 394 g/mol. The normalized spacial score (nSPS) is 17.4. The van der Waals surface area contributed by atoms with Gasteiger partial charge >= 0.3 is 0 Å². The van der Waals surface area contributed by atoms with Crippen molar-refractivity contribution >= 4 is 28.5 Å². The van der Waals surface area contributed by atoms with E-state index in [1.807, 2.05) is 36.4 Å². The zero-order chi connectivity index (χ0) is 20.5. The van der Waals surface area contributed by atoms with Gasteiger partial charge in [-0.15, -0.1) is 5.10 Å². The van der Waals surface area contributed by atoms with Gasteiger partial charge in [0.15, 0.2) is 11.3 Å². The summed E-state index contributed by atoms with van der Waals surface area (Å²) in [4.78, 5) is 22.2. The van der Waals surface area contributed by atoms with E-state index < -0.39 is 6.17 Å². The van der Waals surface area contributed by atoms with E-state index in [1.165, 1.54) is 22.9 Å². The number of pyridine rings is 1. The molecule has 1 N–H and O–H groups in total. The van der Waals surface area contributed by atoms with Gasteiger partial charge in [0, 0.05) is 28.9 Å². The second-order valence-electron chi connectivity index (χ2n) is 7.13. The second-order valence-corrected chi connectivity index (χ2v) is 8.10. The summed E-state index contributed by atoms with van der Waals surface area (Å²) in [5, 5.41) is 11.6. The lowest BCUT2D eigenvalue weighted by atomic mass is 10.1. The van der Waals surface area contributed by atoms with E-state index in [1.54, 1.807) is 17.4 Å². The molecule has 3 aromatic rings. The summed E-state index contributed by atoms with van der Waals surface area (Å²) in [6.45, 7) is 2.07. The first-order valence-corrected chi connectivity index (χ1v) is 10.6. The summed E-state index contributed by atoms with van der Waals surface area (Å²) in [7, 11) is 0. The number of hydrazone groups is 1. The van der Waals surface area contributed by atoms with Crippen LogP contribution in [-0.4, -0.2) is 21.1 Å². The van der Waals surface area contributed by atoms with Gasteiger partial charge < -0.3 is 0 Å². The summed E-state index contributed by atoms with van der Waals surface area (Å²) >= 11 is 1.50. The number of aromatic nitrogens is 1. The minimum absolute atomic E-state index is 0.173. The number of carbonyl (C=O) groups is 1. The molecule has 2 aromatic carbocycles. The number of rotatable bonds is 3. The van der Waals surface area contributed by atoms with Gasteiger partial charge in [0.25, 0.3) is 5.91 Å². The van der Waals surface area contributed by atoms with Crippen LogP contribution in [0.3, 0.4) is 0 Å². The van der Waals surface area contributed by atoms with Gasteiger partial charge in [0.2, 0.25) is 0 Å². The number of para-hydroxylation sites is 1. The molecule has 3 heterocycles. The van der Waals surface area contributed by atoms with Crippen LogP contribution in [0.4, 0.5) is 0 Å². The van der Waals surface area contributed by atoms with Crippen molar-refractivity contribution in [3.05, 3.63) is 100 Å². The Morgan fingerprint density at radius 3 is 2.70 bits per heavy atom. The number of benzene rings is 2. The molecule has 30 heavy (non-hydrogen) atoms. The second kappa shape index (κ2) is 7.76. The van der Waals surface area contributed by atoms with Gasteiger partial charge in [-0.2, -0.15) is 0 Å². The monoisotopic (exact) mass is 413 g/mol. The zero-order valence-corrected chi connectivity index (χ0v) is 17.1. The maximum atomic E-state index is 13.1. The number of amides is 1. The molecule has 148 valence electrons. The van der Waals surface area contributed by atoms with Crippen LogP contribution in [0.2, 0.25) is 0 Å². The Labute approximate surface area is 178 Å². The molecule has 0 saturated carbocycles. The third-order valence-corrected chi connectivity index (χ3v) is 5.93. The fourth-order valence-corrected chi connectivity index (χ4v) is 4.28. The Bertz CT molecular complexity index is 1250. The van der Waals surface area contributed by atoms with E-state index in [0.717, 1.165) is 16.1 Å². The van der Waals surface area contributed by atoms with E-state index in [0.29, 0.717) is 16.6 Å². The summed E-state index contributed by atoms with van der Waals surface area (Å²) < 4.78 is 0. The van der Waals surface area contributed by atoms with Crippen molar-refractivity contribution in [3.8, 4) is 0 Å². The van der Waals surface area contributed by atoms with Crippen LogP contribution >= 0.6 is 11.8 Å². The molecule has 1 atom stereocenters. The van der Waals surface area contributed by atoms with E-state index in [-0.39, 0.29) is 5.91 Å². The number of amidine groups is 1. The summed E-state index contributed by atoms with van der Waals surface area (Å²) in [5.41, 5.74) is 3.79. The van der Waals surface area contributed by atoms with Crippen molar-refractivity contribution in [1.29, 1.82) is 0 Å². The highest BCUT2D eigenvalue weighted by atomic mass is 32.2. The highest BCUT2D eigenvalue weighted by molar-refractivity contribution is 8.13. The van der Waals surface area contributed by atoms with Crippen molar-refractivity contribution in [1.82, 2.24) is 15.3 Å². The SMILES string of the molecule is Cc1ccc(CSC2=NN3C(=c4ccccc4=NC3c3cccnc3)C(=O)N2)cc1. The van der Waals surface area contributed by atoms with Gasteiger partial charge in [-0.25, -0.2) is 5.01 Å². The maximum absolute atomic E-state index is 13.1. The van der Waals surface area contributed by atoms with Crippen LogP contribution < -0.4 is 15.9 Å². The zero-order valence-electron chi connectivity index (χ0n) is 16.3. The topological polar surface area (TPSA) is 70.0 Å². The first-order valence-electron chi connectivity index (χ1n) is 9.64. The molecule has 2 aliphatic heterocycles. The third kappa shape index (κ3) is 3.48. The Kier molecular flexibility index (Phi) is 4.80. The highest BCUT2D eigenvalue weighted by Gasteiger charge is 2.34. The van der Waals surface area contributed by atoms with Crippen molar-refractivity contribution in [2.45, 2.75) is 18.8 Å². The van der Waals surface area contributed by atoms with Crippen molar-refractivity contribution in [2.24, 2.45) is 10.1 Å². The molecule has 6 nitrogen and oxygen atoms in total. The van der Waals surface area contributed by atoms with E-state index >= 15 is 0 Å². The molecule has 0 fully saturated rings. The van der Waals surface area contributed by atoms with Gasteiger partial charge in [0.05, 0.1) is 5.36 Å². The molecule has 0 saturated heterocycles. The number of nitrogens with one attached hydrogen (secondary N) is 1. The molecule has 1 unspecified atom stereocenters. The van der Waals surface area contributed by atoms with Crippen LogP contribution in [0.15, 0.2) is 83.2 Å². The average Bonchev–Trinajstić information content (AvgIpc) is 2.78. The molecule has 0 radical (unpaired) electrons. The lowest BCUT2D eigenvalue weighted by Crippen LogP contribution is -2.50. The fraction of sp³-hybridized carbons (Fsp3) is 0.130. The van der Waals surface area contributed by atoms with Gasteiger partial charge in [0.1, 0.15) is 5.70 Å². The number of aryl methyl sites for hydroxylation is 1. The quantitative estimate of drug-likeness (QED) is 0.716. The first kappa shape index (κ1) is 18.6. The largest absolute Gasteiger partial charge is 0.298 e. The smallest absolute Gasteiger partial charge is 0.276 e. The molecule has 1 aromatic heterocycles. The number of hydrogen-bond donors (Lipinski definition) is 1. The standard InChI is InChI=1S/C23H19N5OS/c1-15-8-10-16(11-9-15)14-30-23-26-22(29)20-18-6-2-3-7-19(18)25-21(28(20)27-23)17-5-4-12-24-13-17/h2-13,21H,14H2,1H3,(H,26,27,29). The summed E-state index contributed by atoms with van der Waals surface area (Å²) in [6, 6.07) is 19.8. The summed E-state index contributed by atoms with van der Waals surface area (Å²) in [5.74, 6) is 0.543. The van der Waals surface area contributed by atoms with Crippen LogP contribution in [0, 0.1) is 6.92 Å². The molecule has 0 bridgehead atoms. The number of nitrogens with zero attached hydrogens (tertiary/aromatic N) is 4. The first-order chi connectivity index (χ1) is 14.7. The number of hydrogen-bond acceptors (Lipinski definition) is 6. The van der Waals surface area contributed by atoms with Gasteiger partial charge in [-0.3, -0.25) is 20.1 Å². The Balaban J connectivity index is 1.54. The van der Waals surface area contributed by atoms with Crippen LogP contribution in [0.5, 0.6) is 0 Å². The molecule has 5 rings (SSSR count). The molecule has 2 aliphatic rings. The molecule has 0 aliphatic carbocycles. The lowest BCUT2D eigenvalue weighted by molar-refractivity contribution is -0.116.